The highest BCUT2D eigenvalue weighted by Crippen LogP contribution is 1.79. The van der Waals surface area contributed by atoms with E-state index in [1.165, 1.54) is 0 Å². The second kappa shape index (κ2) is 6.63. The van der Waals surface area contributed by atoms with Crippen LogP contribution in [-0.4, -0.2) is 0 Å². The van der Waals surface area contributed by atoms with Crippen molar-refractivity contribution in [2.24, 2.45) is 0 Å². The Labute approximate surface area is 58.7 Å². The van der Waals surface area contributed by atoms with Gasteiger partial charge in [-0.15, -0.1) is 17.0 Å². The lowest BCUT2D eigenvalue weighted by atomic mass is 10.4. The lowest BCUT2D eigenvalue weighted by molar-refractivity contribution is 1.11. The van der Waals surface area contributed by atoms with Crippen LogP contribution in [0.2, 0.25) is 0 Å². The fourth-order valence-corrected chi connectivity index (χ4v) is 0.385. The molecule has 0 aliphatic heterocycles. The van der Waals surface area contributed by atoms with Crippen LogP contribution in [0, 0.1) is 0 Å². The molecule has 0 atom stereocenters. The molecule has 1 aromatic rings. The summed E-state index contributed by atoms with van der Waals surface area (Å²) in [7, 11) is 0. The third-order valence-electron chi connectivity index (χ3n) is 0.667. The molecule has 0 saturated carbocycles. The van der Waals surface area contributed by atoms with Crippen molar-refractivity contribution in [3.05, 3.63) is 36.4 Å². The minimum atomic E-state index is 0. The largest absolute Gasteiger partial charge is 0.269 e. The molecule has 0 fully saturated rings. The first-order valence-corrected chi connectivity index (χ1v) is 2.00. The van der Waals surface area contributed by atoms with Gasteiger partial charge < -0.3 is 0 Å². The number of benzene rings is 1. The lowest BCUT2D eigenvalue weighted by Gasteiger charge is -1.69. The average molecular weight is 179 g/mol. The van der Waals surface area contributed by atoms with Gasteiger partial charge in [0.05, 0.1) is 0 Å². The highest BCUT2D eigenvalue weighted by atomic mass is 79.9. The van der Waals surface area contributed by atoms with Crippen LogP contribution in [0.5, 0.6) is 0 Å². The Morgan fingerprint density at radius 1 is 0.500 bits per heavy atom. The summed E-state index contributed by atoms with van der Waals surface area (Å²) in [6.45, 7) is 0. The van der Waals surface area contributed by atoms with E-state index in [1.807, 2.05) is 36.4 Å². The van der Waals surface area contributed by atoms with Gasteiger partial charge in [-0.25, -0.2) is 0 Å². The van der Waals surface area contributed by atoms with Crippen LogP contribution >= 0.6 is 17.0 Å². The maximum absolute atomic E-state index is 2.00. The normalized spacial score (nSPS) is 6.00. The Balaban J connectivity index is 0. The van der Waals surface area contributed by atoms with Gasteiger partial charge in [-0.2, -0.15) is 0 Å². The number of hydrogen-bond acceptors (Lipinski definition) is 0. The first kappa shape index (κ1) is 10.6. The average Bonchev–Trinajstić information content (AvgIpc) is 1.72. The van der Waals surface area contributed by atoms with Gasteiger partial charge in [-0.1, -0.05) is 36.4 Å². The molecule has 0 saturated heterocycles. The smallest absolute Gasteiger partial charge is 0.0623 e. The van der Waals surface area contributed by atoms with Crippen molar-refractivity contribution in [2.45, 2.75) is 0 Å². The van der Waals surface area contributed by atoms with Crippen molar-refractivity contribution < 1.29 is 4.70 Å². The molecule has 0 heterocycles. The van der Waals surface area contributed by atoms with Crippen LogP contribution in [-0.2, 0) is 0 Å². The van der Waals surface area contributed by atoms with Crippen LogP contribution in [0.25, 0.3) is 0 Å². The van der Waals surface area contributed by atoms with E-state index in [1.54, 1.807) is 0 Å². The minimum Gasteiger partial charge on any atom is -0.269 e. The molecule has 0 aliphatic rings. The van der Waals surface area contributed by atoms with Crippen LogP contribution in [0.3, 0.4) is 0 Å². The van der Waals surface area contributed by atoms with Gasteiger partial charge in [0.15, 0.2) is 0 Å². The summed E-state index contributed by atoms with van der Waals surface area (Å²) >= 11 is 0. The maximum Gasteiger partial charge on any atom is -0.0623 e. The van der Waals surface area contributed by atoms with E-state index in [9.17, 15) is 0 Å². The van der Waals surface area contributed by atoms with Crippen molar-refractivity contribution in [2.75, 3.05) is 0 Å². The molecule has 2 heteroatoms. The highest BCUT2D eigenvalue weighted by molar-refractivity contribution is 8.93. The van der Waals surface area contributed by atoms with Crippen molar-refractivity contribution in [1.82, 2.24) is 0 Å². The van der Waals surface area contributed by atoms with Crippen molar-refractivity contribution in [1.29, 1.82) is 0 Å². The van der Waals surface area contributed by atoms with Gasteiger partial charge in [0.1, 0.15) is 0 Å². The van der Waals surface area contributed by atoms with Gasteiger partial charge >= 0.3 is 0 Å². The summed E-state index contributed by atoms with van der Waals surface area (Å²) in [6.07, 6.45) is 0. The Hall–Kier alpha value is -0.370. The SMILES string of the molecule is Br.F.c1ccccc1. The molecule has 0 spiro atoms. The molecule has 0 aromatic heterocycles. The molecule has 0 aliphatic carbocycles. The van der Waals surface area contributed by atoms with Crippen LogP contribution in [0.15, 0.2) is 36.4 Å². The standard InChI is InChI=1S/C6H6.BrH.FH/c1-2-4-6-5-3-1;;/h1-6H;2*1H. The molecule has 0 nitrogen and oxygen atoms in total. The van der Waals surface area contributed by atoms with Crippen LogP contribution < -0.4 is 0 Å². The maximum atomic E-state index is 2.00. The van der Waals surface area contributed by atoms with Crippen LogP contribution in [0.4, 0.5) is 4.70 Å². The number of halogens is 2. The monoisotopic (exact) mass is 178 g/mol. The van der Waals surface area contributed by atoms with E-state index in [0.29, 0.717) is 0 Å². The summed E-state index contributed by atoms with van der Waals surface area (Å²) in [5.74, 6) is 0. The molecule has 0 N–H and O–H groups in total. The molecule has 46 valence electrons. The predicted molar refractivity (Wildman–Crippen MR) is 39.3 cm³/mol. The third kappa shape index (κ3) is 3.81. The Bertz CT molecular complexity index is 80.5. The summed E-state index contributed by atoms with van der Waals surface area (Å²) < 4.78 is 0. The van der Waals surface area contributed by atoms with Gasteiger partial charge in [-0.3, -0.25) is 4.70 Å². The summed E-state index contributed by atoms with van der Waals surface area (Å²) in [6, 6.07) is 12.0. The zero-order valence-corrected chi connectivity index (χ0v) is 5.99. The second-order valence-electron chi connectivity index (χ2n) is 1.15. The van der Waals surface area contributed by atoms with E-state index < -0.39 is 0 Å². The minimum absolute atomic E-state index is 0. The fourth-order valence-electron chi connectivity index (χ4n) is 0.385. The molecule has 0 amide bonds. The second-order valence-corrected chi connectivity index (χ2v) is 1.15. The summed E-state index contributed by atoms with van der Waals surface area (Å²) in [5, 5.41) is 0. The number of hydrogen-bond donors (Lipinski definition) is 0. The fraction of sp³-hybridized carbons (Fsp3) is 0. The van der Waals surface area contributed by atoms with Gasteiger partial charge in [0.25, 0.3) is 0 Å². The Morgan fingerprint density at radius 3 is 0.750 bits per heavy atom. The lowest BCUT2D eigenvalue weighted by Crippen LogP contribution is -1.47. The molecule has 8 heavy (non-hydrogen) atoms. The van der Waals surface area contributed by atoms with Gasteiger partial charge in [0, 0.05) is 0 Å². The molecule has 1 aromatic carbocycles. The molecular weight excluding hydrogens is 171 g/mol. The highest BCUT2D eigenvalue weighted by Gasteiger charge is 1.57. The molecule has 1 rings (SSSR count). The molecule has 0 radical (unpaired) electrons. The first-order valence-electron chi connectivity index (χ1n) is 2.00. The van der Waals surface area contributed by atoms with Crippen molar-refractivity contribution in [3.8, 4) is 0 Å². The van der Waals surface area contributed by atoms with E-state index in [0.717, 1.165) is 0 Å². The van der Waals surface area contributed by atoms with E-state index >= 15 is 0 Å². The van der Waals surface area contributed by atoms with E-state index in [2.05, 4.69) is 0 Å². The Kier molecular flexibility index (Phi) is 8.77. The van der Waals surface area contributed by atoms with E-state index in [4.69, 9.17) is 0 Å². The zero-order chi connectivity index (χ0) is 4.24. The topological polar surface area (TPSA) is 0 Å². The van der Waals surface area contributed by atoms with Crippen LogP contribution in [0.1, 0.15) is 0 Å². The van der Waals surface area contributed by atoms with Crippen molar-refractivity contribution >= 4 is 17.0 Å². The predicted octanol–water partition coefficient (Wildman–Crippen LogP) is 2.42. The molecule has 0 bridgehead atoms. The molecular formula is C6H8BrF. The number of rotatable bonds is 0. The third-order valence-corrected chi connectivity index (χ3v) is 0.667. The molecule has 0 unspecified atom stereocenters. The van der Waals surface area contributed by atoms with Gasteiger partial charge in [0.2, 0.25) is 0 Å². The Morgan fingerprint density at radius 2 is 0.625 bits per heavy atom. The summed E-state index contributed by atoms with van der Waals surface area (Å²) in [5.41, 5.74) is 0. The quantitative estimate of drug-likeness (QED) is 0.573. The zero-order valence-electron chi connectivity index (χ0n) is 4.28. The van der Waals surface area contributed by atoms with Crippen molar-refractivity contribution in [3.63, 3.8) is 0 Å². The first-order chi connectivity index (χ1) is 3.00. The van der Waals surface area contributed by atoms with E-state index in [-0.39, 0.29) is 21.7 Å². The van der Waals surface area contributed by atoms with Gasteiger partial charge in [-0.05, 0) is 0 Å². The summed E-state index contributed by atoms with van der Waals surface area (Å²) in [4.78, 5) is 0.